The third-order valence-corrected chi connectivity index (χ3v) is 3.78. The Balaban J connectivity index is 2.45. The molecule has 0 bridgehead atoms. The van der Waals surface area contributed by atoms with Crippen LogP contribution in [0, 0.1) is 0 Å². The summed E-state index contributed by atoms with van der Waals surface area (Å²) >= 11 is 0. The number of nitrogens with one attached hydrogen (secondary N) is 1. The zero-order chi connectivity index (χ0) is 15.2. The molecule has 5 heteroatoms. The largest absolute Gasteiger partial charge is 0.468 e. The minimum absolute atomic E-state index is 0.203. The molecule has 1 rings (SSSR count). The van der Waals surface area contributed by atoms with Gasteiger partial charge in [-0.15, -0.1) is 0 Å². The van der Waals surface area contributed by atoms with Crippen LogP contribution in [0.15, 0.2) is 12.4 Å². The lowest BCUT2D eigenvalue weighted by atomic mass is 9.95. The zero-order valence-electron chi connectivity index (χ0n) is 13.3. The van der Waals surface area contributed by atoms with Crippen LogP contribution >= 0.6 is 0 Å². The Morgan fingerprint density at radius 1 is 1.50 bits per heavy atom. The van der Waals surface area contributed by atoms with E-state index in [1.807, 2.05) is 19.3 Å². The Bertz CT molecular complexity index is 429. The lowest BCUT2D eigenvalue weighted by Crippen LogP contribution is -2.48. The summed E-state index contributed by atoms with van der Waals surface area (Å²) in [7, 11) is 3.22. The number of unbranched alkanes of at least 4 members (excludes halogenated alkanes) is 1. The number of aromatic nitrogens is 2. The SMILES string of the molecule is CNC(C)(CCCCn1ccnc1C(C)C)C(=O)OC. The summed E-state index contributed by atoms with van der Waals surface area (Å²) in [5.41, 5.74) is -0.593. The summed E-state index contributed by atoms with van der Waals surface area (Å²) in [5.74, 6) is 1.35. The van der Waals surface area contributed by atoms with Crippen molar-refractivity contribution in [1.82, 2.24) is 14.9 Å². The van der Waals surface area contributed by atoms with Gasteiger partial charge in [0.05, 0.1) is 7.11 Å². The zero-order valence-corrected chi connectivity index (χ0v) is 13.3. The summed E-state index contributed by atoms with van der Waals surface area (Å²) in [6.07, 6.45) is 6.61. The first-order chi connectivity index (χ1) is 9.44. The number of esters is 1. The second-order valence-electron chi connectivity index (χ2n) is 5.66. The second-order valence-corrected chi connectivity index (χ2v) is 5.66. The molecule has 1 heterocycles. The molecule has 0 aliphatic rings. The fourth-order valence-corrected chi connectivity index (χ4v) is 2.33. The van der Waals surface area contributed by atoms with Crippen molar-refractivity contribution in [1.29, 1.82) is 0 Å². The molecule has 0 fully saturated rings. The summed E-state index contributed by atoms with van der Waals surface area (Å²) in [4.78, 5) is 16.1. The van der Waals surface area contributed by atoms with Crippen LogP contribution in [0.5, 0.6) is 0 Å². The van der Waals surface area contributed by atoms with Gasteiger partial charge in [-0.25, -0.2) is 4.98 Å². The molecule has 0 aliphatic heterocycles. The molecule has 0 radical (unpaired) electrons. The predicted molar refractivity (Wildman–Crippen MR) is 79.6 cm³/mol. The maximum absolute atomic E-state index is 11.7. The van der Waals surface area contributed by atoms with E-state index in [0.29, 0.717) is 5.92 Å². The minimum atomic E-state index is -0.593. The minimum Gasteiger partial charge on any atom is -0.468 e. The van der Waals surface area contributed by atoms with Crippen LogP contribution in [0.1, 0.15) is 51.8 Å². The van der Waals surface area contributed by atoms with E-state index in [4.69, 9.17) is 4.74 Å². The van der Waals surface area contributed by atoms with Gasteiger partial charge in [0, 0.05) is 24.9 Å². The number of hydrogen-bond acceptors (Lipinski definition) is 4. The van der Waals surface area contributed by atoms with Crippen LogP contribution in [0.25, 0.3) is 0 Å². The van der Waals surface area contributed by atoms with E-state index in [-0.39, 0.29) is 5.97 Å². The van der Waals surface area contributed by atoms with Crippen LogP contribution in [-0.2, 0) is 16.1 Å². The second kappa shape index (κ2) is 7.43. The van der Waals surface area contributed by atoms with Crippen molar-refractivity contribution in [3.63, 3.8) is 0 Å². The average molecular weight is 281 g/mol. The van der Waals surface area contributed by atoms with Gasteiger partial charge in [-0.05, 0) is 33.2 Å². The highest BCUT2D eigenvalue weighted by Crippen LogP contribution is 2.17. The van der Waals surface area contributed by atoms with Crippen molar-refractivity contribution in [2.75, 3.05) is 14.2 Å². The fourth-order valence-electron chi connectivity index (χ4n) is 2.33. The van der Waals surface area contributed by atoms with E-state index in [9.17, 15) is 4.79 Å². The number of ether oxygens (including phenoxy) is 1. The van der Waals surface area contributed by atoms with Gasteiger partial charge in [0.25, 0.3) is 0 Å². The van der Waals surface area contributed by atoms with Crippen LogP contribution in [-0.4, -0.2) is 35.2 Å². The third-order valence-electron chi connectivity index (χ3n) is 3.78. The fraction of sp³-hybridized carbons (Fsp3) is 0.733. The maximum atomic E-state index is 11.7. The molecule has 114 valence electrons. The molecule has 1 N–H and O–H groups in total. The van der Waals surface area contributed by atoms with Crippen LogP contribution in [0.2, 0.25) is 0 Å². The van der Waals surface area contributed by atoms with Gasteiger partial charge in [0.1, 0.15) is 11.4 Å². The lowest BCUT2D eigenvalue weighted by Gasteiger charge is -2.26. The number of likely N-dealkylation sites (N-methyl/N-ethyl adjacent to an activating group) is 1. The number of carbonyl (C=O) groups is 1. The first-order valence-corrected chi connectivity index (χ1v) is 7.23. The van der Waals surface area contributed by atoms with E-state index in [1.165, 1.54) is 7.11 Å². The lowest BCUT2D eigenvalue weighted by molar-refractivity contribution is -0.148. The van der Waals surface area contributed by atoms with Gasteiger partial charge in [-0.1, -0.05) is 13.8 Å². The standard InChI is InChI=1S/C15H27N3O2/c1-12(2)13-17-9-11-18(13)10-7-6-8-15(3,16-4)14(19)20-5/h9,11-12,16H,6-8,10H2,1-5H3. The summed E-state index contributed by atoms with van der Waals surface area (Å²) in [5, 5.41) is 3.06. The Kier molecular flexibility index (Phi) is 6.20. The Morgan fingerprint density at radius 3 is 2.75 bits per heavy atom. The highest BCUT2D eigenvalue weighted by atomic mass is 16.5. The molecule has 0 aliphatic carbocycles. The van der Waals surface area contributed by atoms with Crippen molar-refractivity contribution < 1.29 is 9.53 Å². The molecule has 0 aromatic carbocycles. The molecule has 1 aromatic heterocycles. The molecule has 1 atom stereocenters. The van der Waals surface area contributed by atoms with E-state index < -0.39 is 5.54 Å². The molecule has 1 unspecified atom stereocenters. The molecule has 5 nitrogen and oxygen atoms in total. The Hall–Kier alpha value is -1.36. The van der Waals surface area contributed by atoms with Gasteiger partial charge in [0.2, 0.25) is 0 Å². The number of aryl methyl sites for hydroxylation is 1. The number of carbonyl (C=O) groups excluding carboxylic acids is 1. The monoisotopic (exact) mass is 281 g/mol. The van der Waals surface area contributed by atoms with Crippen LogP contribution in [0.4, 0.5) is 0 Å². The number of hydrogen-bond donors (Lipinski definition) is 1. The first-order valence-electron chi connectivity index (χ1n) is 7.23. The summed E-state index contributed by atoms with van der Waals surface area (Å²) in [6, 6.07) is 0. The average Bonchev–Trinajstić information content (AvgIpc) is 2.91. The van der Waals surface area contributed by atoms with E-state index >= 15 is 0 Å². The van der Waals surface area contributed by atoms with Crippen molar-refractivity contribution in [2.24, 2.45) is 0 Å². The molecule has 1 aromatic rings. The van der Waals surface area contributed by atoms with Crippen molar-refractivity contribution >= 4 is 5.97 Å². The van der Waals surface area contributed by atoms with Gasteiger partial charge >= 0.3 is 5.97 Å². The Labute approximate surface area is 121 Å². The van der Waals surface area contributed by atoms with Gasteiger partial charge in [-0.2, -0.15) is 0 Å². The van der Waals surface area contributed by atoms with Crippen LogP contribution < -0.4 is 5.32 Å². The topological polar surface area (TPSA) is 56.2 Å². The quantitative estimate of drug-likeness (QED) is 0.587. The molecule has 0 spiro atoms. The molecule has 0 saturated heterocycles. The van der Waals surface area contributed by atoms with E-state index in [2.05, 4.69) is 28.7 Å². The van der Waals surface area contributed by atoms with Gasteiger partial charge in [-0.3, -0.25) is 4.79 Å². The summed E-state index contributed by atoms with van der Waals surface area (Å²) in [6.45, 7) is 7.12. The normalized spacial score (nSPS) is 14.3. The van der Waals surface area contributed by atoms with E-state index in [0.717, 1.165) is 31.6 Å². The molecule has 20 heavy (non-hydrogen) atoms. The highest BCUT2D eigenvalue weighted by Gasteiger charge is 2.31. The number of rotatable bonds is 8. The highest BCUT2D eigenvalue weighted by molar-refractivity contribution is 5.80. The number of methoxy groups -OCH3 is 1. The van der Waals surface area contributed by atoms with Gasteiger partial charge in [0.15, 0.2) is 0 Å². The molecule has 0 amide bonds. The molecular formula is C15H27N3O2. The maximum Gasteiger partial charge on any atom is 0.325 e. The third kappa shape index (κ3) is 4.07. The van der Waals surface area contributed by atoms with Crippen molar-refractivity contribution in [3.8, 4) is 0 Å². The first kappa shape index (κ1) is 16.7. The van der Waals surface area contributed by atoms with Crippen LogP contribution in [0.3, 0.4) is 0 Å². The Morgan fingerprint density at radius 2 is 2.20 bits per heavy atom. The van der Waals surface area contributed by atoms with Crippen molar-refractivity contribution in [3.05, 3.63) is 18.2 Å². The number of nitrogens with zero attached hydrogens (tertiary/aromatic N) is 2. The molecule has 0 saturated carbocycles. The van der Waals surface area contributed by atoms with Crippen molar-refractivity contribution in [2.45, 2.75) is 58.0 Å². The smallest absolute Gasteiger partial charge is 0.325 e. The summed E-state index contributed by atoms with van der Waals surface area (Å²) < 4.78 is 7.04. The van der Waals surface area contributed by atoms with Gasteiger partial charge < -0.3 is 14.6 Å². The molecular weight excluding hydrogens is 254 g/mol. The number of imidazole rings is 1. The van der Waals surface area contributed by atoms with E-state index in [1.54, 1.807) is 7.05 Å². The predicted octanol–water partition coefficient (Wildman–Crippen LogP) is 2.33.